The van der Waals surface area contributed by atoms with Gasteiger partial charge in [-0.1, -0.05) is 81.6 Å². The van der Waals surface area contributed by atoms with Crippen LogP contribution in [0.3, 0.4) is 0 Å². The number of hydrogen-bond donors (Lipinski definition) is 0. The Morgan fingerprint density at radius 3 is 0.812 bits per heavy atom. The lowest BCUT2D eigenvalue weighted by molar-refractivity contribution is 0.321. The average molecular weight is 233 g/mol. The molecule has 0 aliphatic carbocycles. The molecule has 0 spiro atoms. The molecule has 1 heteroatoms. The van der Waals surface area contributed by atoms with Gasteiger partial charge in [0, 0.05) is 0 Å². The summed E-state index contributed by atoms with van der Waals surface area (Å²) in [4.78, 5) is 2.38. The van der Waals surface area contributed by atoms with Crippen LogP contribution < -0.4 is 0 Å². The summed E-state index contributed by atoms with van der Waals surface area (Å²) < 4.78 is 0. The van der Waals surface area contributed by atoms with Crippen LogP contribution in [0.2, 0.25) is 0 Å². The summed E-state index contributed by atoms with van der Waals surface area (Å²) >= 11 is 0. The summed E-state index contributed by atoms with van der Waals surface area (Å²) in [5.74, 6) is 0. The molecular formula is C15H39N. The van der Waals surface area contributed by atoms with Gasteiger partial charge in [-0.25, -0.2) is 0 Å². The van der Waals surface area contributed by atoms with E-state index in [-0.39, 0.29) is 0 Å². The Morgan fingerprint density at radius 1 is 0.562 bits per heavy atom. The highest BCUT2D eigenvalue weighted by Gasteiger charge is 1.89. The molecule has 0 aromatic carbocycles. The molecule has 0 aromatic rings. The van der Waals surface area contributed by atoms with E-state index >= 15 is 0 Å². The van der Waals surface area contributed by atoms with Crippen LogP contribution in [-0.2, 0) is 0 Å². The van der Waals surface area contributed by atoms with Crippen molar-refractivity contribution in [3.8, 4) is 0 Å². The molecule has 0 saturated carbocycles. The first-order valence-corrected chi connectivity index (χ1v) is 7.48. The van der Waals surface area contributed by atoms with Crippen molar-refractivity contribution in [1.82, 2.24) is 4.90 Å². The third-order valence-corrected chi connectivity index (χ3v) is 2.05. The van der Waals surface area contributed by atoms with E-state index in [0.29, 0.717) is 0 Å². The summed E-state index contributed by atoms with van der Waals surface area (Å²) in [5, 5.41) is 0. The summed E-state index contributed by atoms with van der Waals surface area (Å²) in [6, 6.07) is 0. The van der Waals surface area contributed by atoms with E-state index in [1.165, 1.54) is 38.9 Å². The van der Waals surface area contributed by atoms with Crippen LogP contribution in [-0.4, -0.2) is 24.5 Å². The first-order chi connectivity index (χ1) is 7.76. The zero-order valence-electron chi connectivity index (χ0n) is 13.7. The van der Waals surface area contributed by atoms with Crippen LogP contribution in [0.1, 0.15) is 81.6 Å². The number of rotatable bonds is 5. The minimum Gasteiger partial charge on any atom is -0.304 e. The van der Waals surface area contributed by atoms with Crippen LogP contribution in [0.4, 0.5) is 0 Å². The lowest BCUT2D eigenvalue weighted by Crippen LogP contribution is -2.21. The quantitative estimate of drug-likeness (QED) is 0.597. The standard InChI is InChI=1S/C6H15N.C5H12.2C2H6/c1-4-7(5-2)6-3;1-3-5-4-2;2*1-2/h4-6H2,1-3H3;3-5H2,1-2H3;2*1-2H3. The summed E-state index contributed by atoms with van der Waals surface area (Å²) in [7, 11) is 0. The van der Waals surface area contributed by atoms with E-state index in [2.05, 4.69) is 39.5 Å². The molecule has 0 heterocycles. The molecule has 0 N–H and O–H groups in total. The smallest absolute Gasteiger partial charge is 0.00474 e. The summed E-state index contributed by atoms with van der Waals surface area (Å²) in [6.07, 6.45) is 4.08. The van der Waals surface area contributed by atoms with Crippen molar-refractivity contribution in [2.75, 3.05) is 19.6 Å². The fourth-order valence-electron chi connectivity index (χ4n) is 1.02. The molecule has 16 heavy (non-hydrogen) atoms. The Morgan fingerprint density at radius 2 is 0.812 bits per heavy atom. The molecule has 0 aromatic heterocycles. The molecule has 0 amide bonds. The van der Waals surface area contributed by atoms with Crippen molar-refractivity contribution in [1.29, 1.82) is 0 Å². The van der Waals surface area contributed by atoms with Crippen molar-refractivity contribution in [3.05, 3.63) is 0 Å². The van der Waals surface area contributed by atoms with Crippen molar-refractivity contribution < 1.29 is 0 Å². The fraction of sp³-hybridized carbons (Fsp3) is 1.00. The van der Waals surface area contributed by atoms with Gasteiger partial charge in [0.1, 0.15) is 0 Å². The molecule has 0 rings (SSSR count). The SMILES string of the molecule is CC.CC.CCCCC.CCN(CC)CC. The van der Waals surface area contributed by atoms with Gasteiger partial charge >= 0.3 is 0 Å². The van der Waals surface area contributed by atoms with E-state index in [0.717, 1.165) is 0 Å². The molecule has 0 bridgehead atoms. The Labute approximate surface area is 107 Å². The highest BCUT2D eigenvalue weighted by atomic mass is 15.1. The summed E-state index contributed by atoms with van der Waals surface area (Å²) in [6.45, 7) is 22.5. The lowest BCUT2D eigenvalue weighted by Gasteiger charge is -2.13. The van der Waals surface area contributed by atoms with Gasteiger partial charge in [-0.15, -0.1) is 0 Å². The van der Waals surface area contributed by atoms with Crippen LogP contribution in [0.15, 0.2) is 0 Å². The van der Waals surface area contributed by atoms with Crippen molar-refractivity contribution in [2.24, 2.45) is 0 Å². The maximum Gasteiger partial charge on any atom is -0.00474 e. The Bertz CT molecular complexity index is 50.9. The minimum absolute atomic E-state index is 1.19. The zero-order chi connectivity index (χ0) is 13.8. The molecule has 0 saturated heterocycles. The van der Waals surface area contributed by atoms with Crippen LogP contribution in [0, 0.1) is 0 Å². The largest absolute Gasteiger partial charge is 0.304 e. The maximum atomic E-state index is 2.38. The van der Waals surface area contributed by atoms with E-state index in [1.807, 2.05) is 27.7 Å². The molecule has 0 atom stereocenters. The van der Waals surface area contributed by atoms with Gasteiger partial charge in [0.05, 0.1) is 0 Å². The minimum atomic E-state index is 1.19. The van der Waals surface area contributed by atoms with Gasteiger partial charge in [-0.2, -0.15) is 0 Å². The maximum absolute atomic E-state index is 2.38. The highest BCUT2D eigenvalue weighted by Crippen LogP contribution is 1.88. The van der Waals surface area contributed by atoms with Gasteiger partial charge in [0.15, 0.2) is 0 Å². The molecule has 104 valence electrons. The van der Waals surface area contributed by atoms with E-state index in [1.54, 1.807) is 0 Å². The second-order valence-corrected chi connectivity index (χ2v) is 2.97. The van der Waals surface area contributed by atoms with Crippen LogP contribution in [0.5, 0.6) is 0 Å². The van der Waals surface area contributed by atoms with E-state index in [4.69, 9.17) is 0 Å². The fourth-order valence-corrected chi connectivity index (χ4v) is 1.02. The first kappa shape index (κ1) is 25.0. The third kappa shape index (κ3) is 37.0. The number of nitrogens with zero attached hydrogens (tertiary/aromatic N) is 1. The normalized spacial score (nSPS) is 7.88. The molecular weight excluding hydrogens is 194 g/mol. The predicted octanol–water partition coefficient (Wildman–Crippen LogP) is 5.60. The molecule has 1 nitrogen and oxygen atoms in total. The van der Waals surface area contributed by atoms with Crippen molar-refractivity contribution in [3.63, 3.8) is 0 Å². The zero-order valence-corrected chi connectivity index (χ0v) is 13.7. The molecule has 0 fully saturated rings. The number of hydrogen-bond acceptors (Lipinski definition) is 1. The third-order valence-electron chi connectivity index (χ3n) is 2.05. The van der Waals surface area contributed by atoms with Crippen molar-refractivity contribution in [2.45, 2.75) is 81.6 Å². The molecule has 0 unspecified atom stereocenters. The first-order valence-electron chi connectivity index (χ1n) is 7.48. The molecule has 0 aliphatic rings. The monoisotopic (exact) mass is 233 g/mol. The van der Waals surface area contributed by atoms with E-state index < -0.39 is 0 Å². The lowest BCUT2D eigenvalue weighted by atomic mass is 10.3. The van der Waals surface area contributed by atoms with Gasteiger partial charge in [-0.05, 0) is 19.6 Å². The summed E-state index contributed by atoms with van der Waals surface area (Å²) in [5.41, 5.74) is 0. The van der Waals surface area contributed by atoms with Crippen molar-refractivity contribution >= 4 is 0 Å². The highest BCUT2D eigenvalue weighted by molar-refractivity contribution is 4.43. The Hall–Kier alpha value is -0.0400. The second-order valence-electron chi connectivity index (χ2n) is 2.97. The topological polar surface area (TPSA) is 3.24 Å². The average Bonchev–Trinajstić information content (AvgIpc) is 2.38. The van der Waals surface area contributed by atoms with Gasteiger partial charge in [0.25, 0.3) is 0 Å². The van der Waals surface area contributed by atoms with Gasteiger partial charge in [-0.3, -0.25) is 0 Å². The van der Waals surface area contributed by atoms with Crippen LogP contribution >= 0.6 is 0 Å². The second kappa shape index (κ2) is 36.3. The predicted molar refractivity (Wildman–Crippen MR) is 81.4 cm³/mol. The Balaban J connectivity index is -0.0000000704. The van der Waals surface area contributed by atoms with Gasteiger partial charge < -0.3 is 4.90 Å². The Kier molecular flexibility index (Phi) is 56.7. The molecule has 0 radical (unpaired) electrons. The number of unbranched alkanes of at least 4 members (excludes halogenated alkanes) is 2. The van der Waals surface area contributed by atoms with Crippen LogP contribution in [0.25, 0.3) is 0 Å². The molecule has 0 aliphatic heterocycles. The van der Waals surface area contributed by atoms with E-state index in [9.17, 15) is 0 Å². The van der Waals surface area contributed by atoms with Gasteiger partial charge in [0.2, 0.25) is 0 Å².